The number of nitrogen functional groups attached to an aromatic ring is 1. The molecule has 0 spiro atoms. The first-order chi connectivity index (χ1) is 10.1. The Balaban J connectivity index is 1.58. The van der Waals surface area contributed by atoms with E-state index in [1.54, 1.807) is 12.1 Å². The Hall–Kier alpha value is -1.75. The van der Waals surface area contributed by atoms with Gasteiger partial charge in [-0.2, -0.15) is 0 Å². The largest absolute Gasteiger partial charge is 0.493 e. The molecule has 1 aliphatic heterocycles. The number of nitrogens with two attached hydrogens (primary N) is 1. The number of nitrogens with one attached hydrogen (secondary N) is 1. The van der Waals surface area contributed by atoms with Crippen LogP contribution in [0.4, 0.5) is 5.69 Å². The summed E-state index contributed by atoms with van der Waals surface area (Å²) in [6.45, 7) is 3.43. The molecule has 3 N–H and O–H groups in total. The molecular formula is C16H25N3O2. The van der Waals surface area contributed by atoms with E-state index in [2.05, 4.69) is 17.3 Å². The summed E-state index contributed by atoms with van der Waals surface area (Å²) in [5, 5.41) is 3.01. The maximum absolute atomic E-state index is 11.8. The summed E-state index contributed by atoms with van der Waals surface area (Å²) in [6.07, 6.45) is 2.72. The van der Waals surface area contributed by atoms with Crippen LogP contribution in [0.1, 0.15) is 19.3 Å². The maximum atomic E-state index is 11.8. The molecular weight excluding hydrogens is 266 g/mol. The summed E-state index contributed by atoms with van der Waals surface area (Å²) < 4.78 is 5.51. The fraction of sp³-hybridized carbons (Fsp3) is 0.562. The number of ether oxygens (including phenoxy) is 1. The number of piperidine rings is 1. The van der Waals surface area contributed by atoms with Gasteiger partial charge < -0.3 is 20.7 Å². The van der Waals surface area contributed by atoms with Crippen LogP contribution in [0.2, 0.25) is 0 Å². The lowest BCUT2D eigenvalue weighted by Gasteiger charge is -2.28. The van der Waals surface area contributed by atoms with Gasteiger partial charge >= 0.3 is 0 Å². The Morgan fingerprint density at radius 1 is 1.33 bits per heavy atom. The fourth-order valence-corrected chi connectivity index (χ4v) is 2.44. The smallest absolute Gasteiger partial charge is 0.223 e. The molecule has 1 fully saturated rings. The van der Waals surface area contributed by atoms with Crippen molar-refractivity contribution in [3.8, 4) is 5.75 Å². The molecule has 2 rings (SSSR count). The normalized spacial score (nSPS) is 16.6. The monoisotopic (exact) mass is 291 g/mol. The van der Waals surface area contributed by atoms with Gasteiger partial charge in [0.2, 0.25) is 5.91 Å². The number of carbonyl (C=O) groups excluding carboxylic acids is 1. The van der Waals surface area contributed by atoms with Crippen LogP contribution in [0, 0.1) is 5.92 Å². The summed E-state index contributed by atoms with van der Waals surface area (Å²) >= 11 is 0. The SMILES string of the molecule is CN1CCC(CNC(=O)CCOc2ccc(N)cc2)CC1. The van der Waals surface area contributed by atoms with E-state index in [-0.39, 0.29) is 5.91 Å². The predicted molar refractivity (Wildman–Crippen MR) is 84.2 cm³/mol. The Morgan fingerprint density at radius 2 is 2.00 bits per heavy atom. The summed E-state index contributed by atoms with van der Waals surface area (Å²) in [5.41, 5.74) is 6.31. The molecule has 1 aromatic carbocycles. The second kappa shape index (κ2) is 7.88. The summed E-state index contributed by atoms with van der Waals surface area (Å²) in [4.78, 5) is 14.1. The number of nitrogens with zero attached hydrogens (tertiary/aromatic N) is 1. The number of hydrogen-bond acceptors (Lipinski definition) is 4. The molecule has 1 heterocycles. The molecule has 21 heavy (non-hydrogen) atoms. The molecule has 0 bridgehead atoms. The molecule has 116 valence electrons. The van der Waals surface area contributed by atoms with E-state index >= 15 is 0 Å². The number of carbonyl (C=O) groups is 1. The zero-order valence-electron chi connectivity index (χ0n) is 12.7. The quantitative estimate of drug-likeness (QED) is 0.779. The second-order valence-electron chi connectivity index (χ2n) is 5.72. The van der Waals surface area contributed by atoms with Crippen LogP contribution >= 0.6 is 0 Å². The standard InChI is InChI=1S/C16H25N3O2/c1-19-9-6-13(7-10-19)12-18-16(20)8-11-21-15-4-2-14(17)3-5-15/h2-5,13H,6-12,17H2,1H3,(H,18,20). The lowest BCUT2D eigenvalue weighted by molar-refractivity contribution is -0.121. The van der Waals surface area contributed by atoms with Crippen molar-refractivity contribution in [1.82, 2.24) is 10.2 Å². The van der Waals surface area contributed by atoms with Crippen molar-refractivity contribution in [2.75, 3.05) is 39.0 Å². The zero-order chi connectivity index (χ0) is 15.1. The van der Waals surface area contributed by atoms with Crippen LogP contribution in [-0.2, 0) is 4.79 Å². The molecule has 0 unspecified atom stereocenters. The highest BCUT2D eigenvalue weighted by Gasteiger charge is 2.16. The molecule has 5 heteroatoms. The van der Waals surface area contributed by atoms with Gasteiger partial charge in [0.05, 0.1) is 13.0 Å². The highest BCUT2D eigenvalue weighted by atomic mass is 16.5. The van der Waals surface area contributed by atoms with E-state index < -0.39 is 0 Å². The summed E-state index contributed by atoms with van der Waals surface area (Å²) in [5.74, 6) is 1.42. The molecule has 0 saturated carbocycles. The average molecular weight is 291 g/mol. The van der Waals surface area contributed by atoms with Gasteiger partial charge in [-0.05, 0) is 63.2 Å². The van der Waals surface area contributed by atoms with E-state index in [1.165, 1.54) is 12.8 Å². The van der Waals surface area contributed by atoms with Crippen molar-refractivity contribution in [3.63, 3.8) is 0 Å². The maximum Gasteiger partial charge on any atom is 0.223 e. The molecule has 0 radical (unpaired) electrons. The minimum atomic E-state index is 0.0596. The van der Waals surface area contributed by atoms with Crippen molar-refractivity contribution in [2.24, 2.45) is 5.92 Å². The Labute approximate surface area is 126 Å². The van der Waals surface area contributed by atoms with Crippen LogP contribution < -0.4 is 15.8 Å². The minimum absolute atomic E-state index is 0.0596. The number of hydrogen-bond donors (Lipinski definition) is 2. The van der Waals surface area contributed by atoms with Crippen molar-refractivity contribution in [1.29, 1.82) is 0 Å². The van der Waals surface area contributed by atoms with Crippen molar-refractivity contribution in [3.05, 3.63) is 24.3 Å². The van der Waals surface area contributed by atoms with Gasteiger partial charge in [0.1, 0.15) is 5.75 Å². The Bertz CT molecular complexity index is 439. The minimum Gasteiger partial charge on any atom is -0.493 e. The van der Waals surface area contributed by atoms with Gasteiger partial charge in [0.15, 0.2) is 0 Å². The molecule has 1 aliphatic rings. The Kier molecular flexibility index (Phi) is 5.87. The Morgan fingerprint density at radius 3 is 2.67 bits per heavy atom. The lowest BCUT2D eigenvalue weighted by atomic mass is 9.97. The van der Waals surface area contributed by atoms with Gasteiger partial charge in [-0.1, -0.05) is 0 Å². The third kappa shape index (κ3) is 5.63. The first-order valence-electron chi connectivity index (χ1n) is 7.57. The van der Waals surface area contributed by atoms with Gasteiger partial charge in [0.25, 0.3) is 0 Å². The fourth-order valence-electron chi connectivity index (χ4n) is 2.44. The van der Waals surface area contributed by atoms with Crippen molar-refractivity contribution >= 4 is 11.6 Å². The molecule has 0 aliphatic carbocycles. The number of rotatable bonds is 6. The third-order valence-corrected chi connectivity index (χ3v) is 3.90. The molecule has 1 amide bonds. The van der Waals surface area contributed by atoms with E-state index in [0.717, 1.165) is 25.4 Å². The van der Waals surface area contributed by atoms with Crippen LogP contribution in [0.15, 0.2) is 24.3 Å². The lowest BCUT2D eigenvalue weighted by Crippen LogP contribution is -2.37. The highest BCUT2D eigenvalue weighted by Crippen LogP contribution is 2.15. The van der Waals surface area contributed by atoms with Gasteiger partial charge in [-0.25, -0.2) is 0 Å². The number of likely N-dealkylation sites (tertiary alicyclic amines) is 1. The molecule has 1 saturated heterocycles. The number of anilines is 1. The van der Waals surface area contributed by atoms with Gasteiger partial charge in [0, 0.05) is 12.2 Å². The first kappa shape index (κ1) is 15.6. The average Bonchev–Trinajstić information content (AvgIpc) is 2.49. The van der Waals surface area contributed by atoms with Crippen LogP contribution in [0.3, 0.4) is 0 Å². The number of amides is 1. The molecule has 0 aromatic heterocycles. The summed E-state index contributed by atoms with van der Waals surface area (Å²) in [6, 6.07) is 7.20. The third-order valence-electron chi connectivity index (χ3n) is 3.90. The predicted octanol–water partition coefficient (Wildman–Crippen LogP) is 1.50. The highest BCUT2D eigenvalue weighted by molar-refractivity contribution is 5.75. The number of benzene rings is 1. The van der Waals surface area contributed by atoms with E-state index in [0.29, 0.717) is 24.6 Å². The molecule has 0 atom stereocenters. The summed E-state index contributed by atoms with van der Waals surface area (Å²) in [7, 11) is 2.14. The van der Waals surface area contributed by atoms with Gasteiger partial charge in [-0.3, -0.25) is 4.79 Å². The first-order valence-corrected chi connectivity index (χ1v) is 7.57. The second-order valence-corrected chi connectivity index (χ2v) is 5.72. The van der Waals surface area contributed by atoms with Crippen LogP contribution in [-0.4, -0.2) is 44.1 Å². The zero-order valence-corrected chi connectivity index (χ0v) is 12.7. The topological polar surface area (TPSA) is 67.6 Å². The van der Waals surface area contributed by atoms with Crippen LogP contribution in [0.5, 0.6) is 5.75 Å². The van der Waals surface area contributed by atoms with Crippen molar-refractivity contribution < 1.29 is 9.53 Å². The van der Waals surface area contributed by atoms with E-state index in [4.69, 9.17) is 10.5 Å². The van der Waals surface area contributed by atoms with E-state index in [1.807, 2.05) is 12.1 Å². The van der Waals surface area contributed by atoms with Gasteiger partial charge in [-0.15, -0.1) is 0 Å². The van der Waals surface area contributed by atoms with E-state index in [9.17, 15) is 4.79 Å². The molecule has 1 aromatic rings. The molecule has 5 nitrogen and oxygen atoms in total. The van der Waals surface area contributed by atoms with Crippen molar-refractivity contribution in [2.45, 2.75) is 19.3 Å². The van der Waals surface area contributed by atoms with Crippen LogP contribution in [0.25, 0.3) is 0 Å².